The first-order valence-electron chi connectivity index (χ1n) is 15.8. The highest BCUT2D eigenvalue weighted by atomic mass is 16.5. The molecule has 1 rings (SSSR count). The smallest absolute Gasteiger partial charge is 0.252 e. The summed E-state index contributed by atoms with van der Waals surface area (Å²) in [5.74, 6) is 7.98. The van der Waals surface area contributed by atoms with Gasteiger partial charge in [-0.2, -0.15) is 0 Å². The molecule has 0 saturated carbocycles. The van der Waals surface area contributed by atoms with Crippen LogP contribution in [0.25, 0.3) is 0 Å². The number of likely N-dealkylation sites (N-methyl/N-ethyl adjacent to an activating group) is 1. The van der Waals surface area contributed by atoms with Gasteiger partial charge in [0.2, 0.25) is 0 Å². The van der Waals surface area contributed by atoms with Gasteiger partial charge in [0.15, 0.2) is 0 Å². The second-order valence-electron chi connectivity index (χ2n) is 11.1. The molecule has 240 valence electrons. The standard InChI is InChI=1S/C36H57N3O4/c1-11-16-33(35(43-15-5)22-30(9)37-23-31(10)42-14-4)21-29(8)24-38(13-3)20-19-32-25-39(36(40)27-41-26-32)34(12-2)18-17-28(6)7/h17-18,21-22,32-33H,10,12-15,19-20,23-27H2,1-9H3/b29-21+,34-18+,35-22+,37-30?. The van der Waals surface area contributed by atoms with E-state index in [-0.39, 0.29) is 24.3 Å². The highest BCUT2D eigenvalue weighted by molar-refractivity contribution is 5.93. The topological polar surface area (TPSA) is 63.6 Å². The van der Waals surface area contributed by atoms with Gasteiger partial charge in [0.1, 0.15) is 18.1 Å². The maximum atomic E-state index is 12.8. The summed E-state index contributed by atoms with van der Waals surface area (Å²) in [6, 6.07) is 0. The second-order valence-corrected chi connectivity index (χ2v) is 11.1. The number of rotatable bonds is 18. The van der Waals surface area contributed by atoms with E-state index < -0.39 is 0 Å². The molecule has 1 heterocycles. The molecule has 1 amide bonds. The summed E-state index contributed by atoms with van der Waals surface area (Å²) >= 11 is 0. The largest absolute Gasteiger partial charge is 0.497 e. The van der Waals surface area contributed by atoms with Crippen LogP contribution in [0.2, 0.25) is 0 Å². The van der Waals surface area contributed by atoms with E-state index in [1.54, 1.807) is 0 Å². The Bertz CT molecular complexity index is 1100. The number of aliphatic imine (C=N–C) groups is 1. The van der Waals surface area contributed by atoms with Crippen LogP contribution in [-0.2, 0) is 19.0 Å². The van der Waals surface area contributed by atoms with Gasteiger partial charge in [0.25, 0.3) is 5.91 Å². The molecule has 7 heteroatoms. The lowest BCUT2D eigenvalue weighted by Crippen LogP contribution is -2.35. The Balaban J connectivity index is 3.01. The number of hydrogen-bond acceptors (Lipinski definition) is 6. The third-order valence-corrected chi connectivity index (χ3v) is 6.99. The van der Waals surface area contributed by atoms with Crippen molar-refractivity contribution in [2.24, 2.45) is 16.8 Å². The lowest BCUT2D eigenvalue weighted by atomic mass is 10.0. The lowest BCUT2D eigenvalue weighted by Gasteiger charge is -2.28. The Morgan fingerprint density at radius 2 is 1.88 bits per heavy atom. The molecule has 43 heavy (non-hydrogen) atoms. The SMILES string of the molecule is C=C(CN=C(C)/C=C(/OCC)C(C#CC)/C=C(\C)CN(CC)CCC1COCC(=O)N(/C(=C/C=C(C)C)CC)C1)OCC. The minimum atomic E-state index is -0.168. The third kappa shape index (κ3) is 15.3. The van der Waals surface area contributed by atoms with E-state index >= 15 is 0 Å². The van der Waals surface area contributed by atoms with E-state index in [0.29, 0.717) is 38.7 Å². The van der Waals surface area contributed by atoms with E-state index in [1.165, 1.54) is 11.1 Å². The number of ether oxygens (including phenoxy) is 3. The average Bonchev–Trinajstić information content (AvgIpc) is 3.15. The van der Waals surface area contributed by atoms with Crippen molar-refractivity contribution in [2.75, 3.05) is 59.2 Å². The first-order chi connectivity index (χ1) is 20.6. The molecule has 1 aliphatic rings. The van der Waals surface area contributed by atoms with Crippen molar-refractivity contribution in [3.05, 3.63) is 59.2 Å². The van der Waals surface area contributed by atoms with E-state index in [0.717, 1.165) is 49.6 Å². The van der Waals surface area contributed by atoms with Gasteiger partial charge in [0.05, 0.1) is 32.3 Å². The van der Waals surface area contributed by atoms with Crippen LogP contribution < -0.4 is 0 Å². The summed E-state index contributed by atoms with van der Waals surface area (Å²) in [7, 11) is 0. The number of nitrogens with zero attached hydrogens (tertiary/aromatic N) is 3. The molecule has 2 unspecified atom stereocenters. The maximum Gasteiger partial charge on any atom is 0.252 e. The van der Waals surface area contributed by atoms with Gasteiger partial charge in [-0.25, -0.2) is 0 Å². The normalized spacial score (nSPS) is 17.7. The zero-order valence-corrected chi connectivity index (χ0v) is 28.4. The third-order valence-electron chi connectivity index (χ3n) is 6.99. The molecule has 1 fully saturated rings. The van der Waals surface area contributed by atoms with E-state index in [9.17, 15) is 4.79 Å². The van der Waals surface area contributed by atoms with Crippen LogP contribution in [0, 0.1) is 23.7 Å². The van der Waals surface area contributed by atoms with Crippen LogP contribution >= 0.6 is 0 Å². The van der Waals surface area contributed by atoms with Crippen molar-refractivity contribution in [1.82, 2.24) is 9.80 Å². The first kappa shape index (κ1) is 37.9. The Labute approximate surface area is 262 Å². The van der Waals surface area contributed by atoms with Gasteiger partial charge in [-0.05, 0) is 86.5 Å². The van der Waals surface area contributed by atoms with Crippen LogP contribution in [0.3, 0.4) is 0 Å². The molecule has 0 aromatic carbocycles. The van der Waals surface area contributed by atoms with Crippen molar-refractivity contribution in [1.29, 1.82) is 0 Å². The molecule has 2 atom stereocenters. The summed E-state index contributed by atoms with van der Waals surface area (Å²) in [6.45, 7) is 27.9. The van der Waals surface area contributed by atoms with Crippen molar-refractivity contribution < 1.29 is 19.0 Å². The predicted octanol–water partition coefficient (Wildman–Crippen LogP) is 6.95. The van der Waals surface area contributed by atoms with Gasteiger partial charge in [0, 0.05) is 30.4 Å². The molecule has 0 bridgehead atoms. The number of carbonyl (C=O) groups excluding carboxylic acids is 1. The molecule has 0 aromatic heterocycles. The Morgan fingerprint density at radius 1 is 1.16 bits per heavy atom. The average molecular weight is 596 g/mol. The lowest BCUT2D eigenvalue weighted by molar-refractivity contribution is -0.132. The molecule has 0 aliphatic carbocycles. The van der Waals surface area contributed by atoms with Crippen molar-refractivity contribution in [3.63, 3.8) is 0 Å². The van der Waals surface area contributed by atoms with Crippen molar-refractivity contribution in [3.8, 4) is 11.8 Å². The van der Waals surface area contributed by atoms with Crippen molar-refractivity contribution >= 4 is 11.6 Å². The zero-order chi connectivity index (χ0) is 32.2. The fourth-order valence-electron chi connectivity index (χ4n) is 4.77. The number of amides is 1. The molecule has 0 spiro atoms. The van der Waals surface area contributed by atoms with Gasteiger partial charge in [-0.3, -0.25) is 14.7 Å². The van der Waals surface area contributed by atoms with Crippen LogP contribution in [0.5, 0.6) is 0 Å². The number of carbonyl (C=O) groups is 1. The fourth-order valence-corrected chi connectivity index (χ4v) is 4.77. The van der Waals surface area contributed by atoms with Crippen LogP contribution in [0.4, 0.5) is 0 Å². The second kappa shape index (κ2) is 21.6. The molecular formula is C36H57N3O4. The molecule has 1 saturated heterocycles. The molecule has 0 radical (unpaired) electrons. The van der Waals surface area contributed by atoms with Crippen molar-refractivity contribution in [2.45, 2.75) is 75.2 Å². The van der Waals surface area contributed by atoms with E-state index in [1.807, 2.05) is 38.7 Å². The van der Waals surface area contributed by atoms with Gasteiger partial charge in [-0.15, -0.1) is 5.92 Å². The monoisotopic (exact) mass is 595 g/mol. The summed E-state index contributed by atoms with van der Waals surface area (Å²) in [4.78, 5) is 21.8. The highest BCUT2D eigenvalue weighted by Gasteiger charge is 2.26. The number of allylic oxidation sites excluding steroid dienone is 6. The molecular weight excluding hydrogens is 538 g/mol. The molecule has 0 aromatic rings. The quantitative estimate of drug-likeness (QED) is 0.0564. The summed E-state index contributed by atoms with van der Waals surface area (Å²) in [6.07, 6.45) is 10.1. The van der Waals surface area contributed by atoms with E-state index in [4.69, 9.17) is 14.2 Å². The summed E-state index contributed by atoms with van der Waals surface area (Å²) < 4.78 is 17.3. The Hall–Kier alpha value is -3.08. The maximum absolute atomic E-state index is 12.8. The highest BCUT2D eigenvalue weighted by Crippen LogP contribution is 2.21. The fraction of sp³-hybridized carbons (Fsp3) is 0.611. The van der Waals surface area contributed by atoms with Gasteiger partial charge in [-0.1, -0.05) is 49.6 Å². The zero-order valence-electron chi connectivity index (χ0n) is 28.4. The van der Waals surface area contributed by atoms with Crippen LogP contribution in [-0.4, -0.2) is 80.6 Å². The van der Waals surface area contributed by atoms with Gasteiger partial charge >= 0.3 is 0 Å². The number of hydrogen-bond donors (Lipinski definition) is 0. The summed E-state index contributed by atoms with van der Waals surface area (Å²) in [5.41, 5.74) is 4.33. The molecule has 0 N–H and O–H groups in total. The minimum Gasteiger partial charge on any atom is -0.497 e. The van der Waals surface area contributed by atoms with Crippen LogP contribution in [0.15, 0.2) is 64.2 Å². The van der Waals surface area contributed by atoms with Crippen LogP contribution in [0.1, 0.15) is 75.2 Å². The van der Waals surface area contributed by atoms with Gasteiger partial charge < -0.3 is 19.1 Å². The van der Waals surface area contributed by atoms with E-state index in [2.05, 4.69) is 81.2 Å². The molecule has 7 nitrogen and oxygen atoms in total. The predicted molar refractivity (Wildman–Crippen MR) is 180 cm³/mol. The first-order valence-corrected chi connectivity index (χ1v) is 15.8. The minimum absolute atomic E-state index is 0.0459. The summed E-state index contributed by atoms with van der Waals surface area (Å²) in [5, 5.41) is 0. The Morgan fingerprint density at radius 3 is 2.49 bits per heavy atom. The molecule has 1 aliphatic heterocycles. The Kier molecular flexibility index (Phi) is 19.0.